The van der Waals surface area contributed by atoms with E-state index < -0.39 is 54.3 Å². The molecule has 1 aliphatic heterocycles. The SMILES string of the molecule is CCO[Si]1(OCC)O[Si](O)(O)O[Si](OCC)(OCC)O[Si](OCC)(OCC)O[Si](OCC)(OCC)O[Si](OCC)(OCC)O1. The summed E-state index contributed by atoms with van der Waals surface area (Å²) in [5.74, 6) is 0. The Balaban J connectivity index is 4.25. The smallest absolute Gasteiger partial charge is 0.368 e. The van der Waals surface area contributed by atoms with Crippen LogP contribution in [0.3, 0.4) is 0 Å². The lowest BCUT2D eigenvalue weighted by Crippen LogP contribution is -2.75. The van der Waals surface area contributed by atoms with E-state index in [1.165, 1.54) is 0 Å². The molecule has 0 aliphatic carbocycles. The van der Waals surface area contributed by atoms with Crippen LogP contribution in [0.15, 0.2) is 0 Å². The molecule has 1 saturated heterocycles. The van der Waals surface area contributed by atoms with Gasteiger partial charge in [-0.05, 0) is 69.2 Å². The Morgan fingerprint density at radius 3 is 0.568 bits per heavy atom. The maximum absolute atomic E-state index is 11.4. The number of hydrogen-bond donors (Lipinski definition) is 2. The van der Waals surface area contributed by atoms with E-state index in [4.69, 9.17) is 69.0 Å². The van der Waals surface area contributed by atoms with E-state index in [-0.39, 0.29) is 66.1 Å². The molecule has 0 radical (unpaired) electrons. The first kappa shape index (κ1) is 42.6. The first-order valence-corrected chi connectivity index (χ1v) is 24.8. The molecule has 24 heteroatoms. The van der Waals surface area contributed by atoms with Crippen LogP contribution in [0.5, 0.6) is 0 Å². The van der Waals surface area contributed by atoms with Crippen molar-refractivity contribution in [1.82, 2.24) is 0 Å². The molecule has 0 amide bonds. The molecule has 1 aliphatic rings. The maximum Gasteiger partial charge on any atom is 0.668 e. The van der Waals surface area contributed by atoms with E-state index in [0.29, 0.717) is 0 Å². The largest absolute Gasteiger partial charge is 0.668 e. The van der Waals surface area contributed by atoms with Crippen LogP contribution in [0.4, 0.5) is 0 Å². The van der Waals surface area contributed by atoms with Gasteiger partial charge in [0, 0.05) is 66.1 Å². The van der Waals surface area contributed by atoms with Gasteiger partial charge in [-0.2, -0.15) is 0 Å². The fourth-order valence-corrected chi connectivity index (χ4v) is 23.0. The monoisotopic (exact) mass is 748 g/mol. The summed E-state index contributed by atoms with van der Waals surface area (Å²) in [6.07, 6.45) is 0. The Labute approximate surface area is 267 Å². The lowest BCUT2D eigenvalue weighted by atomic mass is 10.9. The van der Waals surface area contributed by atoms with E-state index in [0.717, 1.165) is 0 Å². The Morgan fingerprint density at radius 2 is 0.432 bits per heavy atom. The molecule has 1 heterocycles. The van der Waals surface area contributed by atoms with Gasteiger partial charge in [-0.3, -0.25) is 0 Å². The average Bonchev–Trinajstić information content (AvgIpc) is 2.89. The molecular formula is C20H52O18Si6. The summed E-state index contributed by atoms with van der Waals surface area (Å²) >= 11 is 0. The van der Waals surface area contributed by atoms with Crippen molar-refractivity contribution in [3.05, 3.63) is 0 Å². The Bertz CT molecular complexity index is 704. The van der Waals surface area contributed by atoms with E-state index in [1.54, 1.807) is 69.2 Å². The van der Waals surface area contributed by atoms with Gasteiger partial charge < -0.3 is 78.5 Å². The third kappa shape index (κ3) is 12.6. The Hall–Kier alpha value is 0.581. The second-order valence-electron chi connectivity index (χ2n) is 7.99. The van der Waals surface area contributed by atoms with Gasteiger partial charge in [-0.15, -0.1) is 0 Å². The van der Waals surface area contributed by atoms with Crippen LogP contribution in [0.2, 0.25) is 0 Å². The fraction of sp³-hybridized carbons (Fsp3) is 1.00. The zero-order valence-electron chi connectivity index (χ0n) is 27.5. The van der Waals surface area contributed by atoms with Crippen molar-refractivity contribution in [2.45, 2.75) is 69.2 Å². The van der Waals surface area contributed by atoms with Gasteiger partial charge in [0.2, 0.25) is 0 Å². The van der Waals surface area contributed by atoms with Crippen LogP contribution in [0.25, 0.3) is 0 Å². The topological polar surface area (TPSA) is 188 Å². The summed E-state index contributed by atoms with van der Waals surface area (Å²) in [4.78, 5) is 22.7. The van der Waals surface area contributed by atoms with Gasteiger partial charge in [-0.1, -0.05) is 0 Å². The fourth-order valence-electron chi connectivity index (χ4n) is 3.63. The van der Waals surface area contributed by atoms with Gasteiger partial charge in [-0.25, -0.2) is 0 Å². The van der Waals surface area contributed by atoms with Crippen molar-refractivity contribution in [2.75, 3.05) is 66.1 Å². The van der Waals surface area contributed by atoms with Crippen LogP contribution >= 0.6 is 0 Å². The van der Waals surface area contributed by atoms with E-state index in [1.807, 2.05) is 0 Å². The van der Waals surface area contributed by atoms with Crippen molar-refractivity contribution in [3.8, 4) is 0 Å². The Kier molecular flexibility index (Phi) is 19.5. The second kappa shape index (κ2) is 20.2. The molecule has 264 valence electrons. The molecule has 0 saturated carbocycles. The van der Waals surface area contributed by atoms with Gasteiger partial charge >= 0.3 is 54.3 Å². The molecule has 2 N–H and O–H groups in total. The standard InChI is InChI=1S/C20H52O18Si6/c1-11-23-40(24-12-2)33-39(21,22)34-41(25-13-3,26-14-4)36-43(29-17-7,30-18-8)38-44(31-19-9,32-20-10)37-42(35-40,27-15-5)28-16-6/h21-22H,11-20H2,1-10H3. The molecule has 0 atom stereocenters. The van der Waals surface area contributed by atoms with E-state index >= 15 is 0 Å². The molecule has 1 fully saturated rings. The van der Waals surface area contributed by atoms with Gasteiger partial charge in [0.15, 0.2) is 0 Å². The first-order chi connectivity index (χ1) is 20.8. The molecule has 0 aromatic heterocycles. The van der Waals surface area contributed by atoms with Crippen molar-refractivity contribution >= 4 is 54.3 Å². The summed E-state index contributed by atoms with van der Waals surface area (Å²) in [6, 6.07) is 0. The zero-order valence-corrected chi connectivity index (χ0v) is 33.5. The van der Waals surface area contributed by atoms with E-state index in [9.17, 15) is 9.59 Å². The summed E-state index contributed by atoms with van der Waals surface area (Å²) in [7, 11) is -28.6. The van der Waals surface area contributed by atoms with Crippen LogP contribution in [-0.2, 0) is 69.0 Å². The van der Waals surface area contributed by atoms with Gasteiger partial charge in [0.05, 0.1) is 0 Å². The molecule has 0 aromatic carbocycles. The molecular weight excluding hydrogens is 697 g/mol. The summed E-state index contributed by atoms with van der Waals surface area (Å²) < 4.78 is 96.7. The predicted octanol–water partition coefficient (Wildman–Crippen LogP) is 1.06. The normalized spacial score (nSPS) is 22.6. The van der Waals surface area contributed by atoms with E-state index in [2.05, 4.69) is 0 Å². The third-order valence-corrected chi connectivity index (χ3v) is 23.3. The molecule has 0 spiro atoms. The number of hydrogen-bond acceptors (Lipinski definition) is 18. The molecule has 0 aromatic rings. The second-order valence-corrected chi connectivity index (χ2v) is 21.9. The van der Waals surface area contributed by atoms with Crippen LogP contribution in [0, 0.1) is 0 Å². The van der Waals surface area contributed by atoms with Crippen molar-refractivity contribution in [3.63, 3.8) is 0 Å². The zero-order chi connectivity index (χ0) is 33.4. The lowest BCUT2D eigenvalue weighted by molar-refractivity contribution is -0.0979. The number of rotatable bonds is 20. The van der Waals surface area contributed by atoms with Crippen LogP contribution < -0.4 is 0 Å². The predicted molar refractivity (Wildman–Crippen MR) is 162 cm³/mol. The summed E-state index contributed by atoms with van der Waals surface area (Å²) in [5.41, 5.74) is 0. The molecule has 44 heavy (non-hydrogen) atoms. The van der Waals surface area contributed by atoms with Crippen LogP contribution in [-0.4, -0.2) is 130 Å². The maximum atomic E-state index is 11.4. The van der Waals surface area contributed by atoms with Gasteiger partial charge in [0.25, 0.3) is 0 Å². The minimum Gasteiger partial charge on any atom is -0.368 e. The minimum absolute atomic E-state index is 0.00427. The third-order valence-electron chi connectivity index (χ3n) is 4.73. The Morgan fingerprint density at radius 1 is 0.295 bits per heavy atom. The van der Waals surface area contributed by atoms with Crippen LogP contribution in [0.1, 0.15) is 69.2 Å². The van der Waals surface area contributed by atoms with Crippen molar-refractivity contribution in [2.24, 2.45) is 0 Å². The summed E-state index contributed by atoms with van der Waals surface area (Å²) in [5, 5.41) is 0. The van der Waals surface area contributed by atoms with Gasteiger partial charge in [0.1, 0.15) is 0 Å². The minimum atomic E-state index is -5.44. The molecule has 18 nitrogen and oxygen atoms in total. The van der Waals surface area contributed by atoms with Crippen molar-refractivity contribution in [1.29, 1.82) is 0 Å². The highest BCUT2D eigenvalue weighted by molar-refractivity contribution is 6.83. The molecule has 0 unspecified atom stereocenters. The highest BCUT2D eigenvalue weighted by atomic mass is 28.6. The highest BCUT2D eigenvalue weighted by Gasteiger charge is 2.74. The summed E-state index contributed by atoms with van der Waals surface area (Å²) in [6.45, 7) is 16.3. The molecule has 1 rings (SSSR count). The molecule has 0 bridgehead atoms. The lowest BCUT2D eigenvalue weighted by Gasteiger charge is -2.44. The van der Waals surface area contributed by atoms with Crippen molar-refractivity contribution < 1.29 is 78.5 Å². The highest BCUT2D eigenvalue weighted by Crippen LogP contribution is 2.34. The quantitative estimate of drug-likeness (QED) is 0.168. The first-order valence-electron chi connectivity index (χ1n) is 14.9. The average molecular weight is 749 g/mol.